The van der Waals surface area contributed by atoms with Gasteiger partial charge >= 0.3 is 0 Å². The monoisotopic (exact) mass is 257 g/mol. The highest BCUT2D eigenvalue weighted by atomic mass is 35.5. The quantitative estimate of drug-likeness (QED) is 0.761. The summed E-state index contributed by atoms with van der Waals surface area (Å²) >= 11 is 5.82. The van der Waals surface area contributed by atoms with Gasteiger partial charge in [-0.3, -0.25) is 0 Å². The van der Waals surface area contributed by atoms with Crippen molar-refractivity contribution in [2.45, 2.75) is 57.6 Å². The number of hydrogen-bond donors (Lipinski definition) is 0. The van der Waals surface area contributed by atoms with Crippen molar-refractivity contribution in [2.24, 2.45) is 0 Å². The normalized spacial score (nSPS) is 20.7. The molecule has 0 saturated carbocycles. The van der Waals surface area contributed by atoms with Crippen LogP contribution in [0.15, 0.2) is 0 Å². The average molecular weight is 258 g/mol. The number of ether oxygens (including phenoxy) is 1. The topological polar surface area (TPSA) is 39.9 Å². The van der Waals surface area contributed by atoms with Crippen LogP contribution >= 0.6 is 11.6 Å². The molecule has 1 fully saturated rings. The molecule has 1 aromatic rings. The Morgan fingerprint density at radius 3 is 2.82 bits per heavy atom. The Kier molecular flexibility index (Phi) is 4.80. The van der Waals surface area contributed by atoms with Gasteiger partial charge in [0.1, 0.15) is 11.6 Å². The Labute approximate surface area is 107 Å². The third kappa shape index (κ3) is 3.19. The molecular formula is C12H20ClN3O. The van der Waals surface area contributed by atoms with Gasteiger partial charge in [-0.25, -0.2) is 0 Å². The highest BCUT2D eigenvalue weighted by Gasteiger charge is 2.16. The number of aryl methyl sites for hydroxylation is 1. The van der Waals surface area contributed by atoms with Gasteiger partial charge in [0, 0.05) is 19.6 Å². The summed E-state index contributed by atoms with van der Waals surface area (Å²) in [5, 5.41) is 8.32. The van der Waals surface area contributed by atoms with Crippen LogP contribution in [-0.4, -0.2) is 27.5 Å². The zero-order valence-electron chi connectivity index (χ0n) is 10.4. The number of nitrogens with zero attached hydrogens (tertiary/aromatic N) is 3. The van der Waals surface area contributed by atoms with E-state index in [0.29, 0.717) is 12.0 Å². The molecule has 17 heavy (non-hydrogen) atoms. The van der Waals surface area contributed by atoms with Crippen LogP contribution in [0.25, 0.3) is 0 Å². The van der Waals surface area contributed by atoms with Crippen molar-refractivity contribution in [3.63, 3.8) is 0 Å². The van der Waals surface area contributed by atoms with Gasteiger partial charge in [0.15, 0.2) is 0 Å². The molecule has 0 aliphatic carbocycles. The van der Waals surface area contributed by atoms with Crippen LogP contribution in [0.5, 0.6) is 0 Å². The Bertz CT molecular complexity index is 348. The molecule has 0 bridgehead atoms. The van der Waals surface area contributed by atoms with Crippen LogP contribution in [-0.2, 0) is 23.6 Å². The lowest BCUT2D eigenvalue weighted by molar-refractivity contribution is 0.0111. The summed E-state index contributed by atoms with van der Waals surface area (Å²) in [6.45, 7) is 3.90. The Hall–Kier alpha value is -0.610. The summed E-state index contributed by atoms with van der Waals surface area (Å²) in [6.07, 6.45) is 6.06. The van der Waals surface area contributed by atoms with E-state index in [1.54, 1.807) is 0 Å². The lowest BCUT2D eigenvalue weighted by Crippen LogP contribution is -2.20. The van der Waals surface area contributed by atoms with Gasteiger partial charge in [-0.15, -0.1) is 21.8 Å². The second-order valence-corrected chi connectivity index (χ2v) is 4.70. The molecule has 1 aliphatic heterocycles. The van der Waals surface area contributed by atoms with E-state index >= 15 is 0 Å². The third-order valence-corrected chi connectivity index (χ3v) is 3.54. The van der Waals surface area contributed by atoms with Crippen LogP contribution in [0.4, 0.5) is 0 Å². The van der Waals surface area contributed by atoms with Gasteiger partial charge in [-0.1, -0.05) is 0 Å². The standard InChI is InChI=1S/C12H20ClN3O/c1-2-16-11(14-15-12(16)9-13)7-6-10-5-3-4-8-17-10/h10H,2-9H2,1H3. The fourth-order valence-corrected chi connectivity index (χ4v) is 2.54. The fourth-order valence-electron chi connectivity index (χ4n) is 2.35. The first-order valence-corrected chi connectivity index (χ1v) is 6.97. The molecule has 1 atom stereocenters. The molecule has 1 unspecified atom stereocenters. The van der Waals surface area contributed by atoms with Crippen LogP contribution in [0.2, 0.25) is 0 Å². The first-order valence-electron chi connectivity index (χ1n) is 6.43. The maximum atomic E-state index is 5.82. The van der Waals surface area contributed by atoms with E-state index in [-0.39, 0.29) is 0 Å². The second-order valence-electron chi connectivity index (χ2n) is 4.44. The van der Waals surface area contributed by atoms with E-state index in [0.717, 1.165) is 37.6 Å². The number of aromatic nitrogens is 3. The average Bonchev–Trinajstić information content (AvgIpc) is 2.79. The van der Waals surface area contributed by atoms with Gasteiger partial charge < -0.3 is 9.30 Å². The smallest absolute Gasteiger partial charge is 0.147 e. The number of alkyl halides is 1. The Balaban J connectivity index is 1.91. The predicted molar refractivity (Wildman–Crippen MR) is 67.2 cm³/mol. The van der Waals surface area contributed by atoms with E-state index in [4.69, 9.17) is 16.3 Å². The minimum atomic E-state index is 0.408. The SMILES string of the molecule is CCn1c(CCl)nnc1CCC1CCCCO1. The van der Waals surface area contributed by atoms with Crippen LogP contribution in [0.3, 0.4) is 0 Å². The lowest BCUT2D eigenvalue weighted by Gasteiger charge is -2.22. The maximum absolute atomic E-state index is 5.82. The van der Waals surface area contributed by atoms with Crippen LogP contribution in [0.1, 0.15) is 44.3 Å². The van der Waals surface area contributed by atoms with Gasteiger partial charge in [0.25, 0.3) is 0 Å². The molecule has 0 amide bonds. The summed E-state index contributed by atoms with van der Waals surface area (Å²) < 4.78 is 7.83. The fraction of sp³-hybridized carbons (Fsp3) is 0.833. The van der Waals surface area contributed by atoms with Gasteiger partial charge in [-0.2, -0.15) is 0 Å². The van der Waals surface area contributed by atoms with Crippen molar-refractivity contribution >= 4 is 11.6 Å². The van der Waals surface area contributed by atoms with Crippen molar-refractivity contribution in [1.82, 2.24) is 14.8 Å². The summed E-state index contributed by atoms with van der Waals surface area (Å²) in [7, 11) is 0. The number of rotatable bonds is 5. The van der Waals surface area contributed by atoms with E-state index in [1.807, 2.05) is 0 Å². The van der Waals surface area contributed by atoms with E-state index < -0.39 is 0 Å². The molecule has 0 spiro atoms. The lowest BCUT2D eigenvalue weighted by atomic mass is 10.0. The predicted octanol–water partition coefficient (Wildman–Crippen LogP) is 2.54. The first kappa shape index (κ1) is 12.8. The summed E-state index contributed by atoms with van der Waals surface area (Å²) in [4.78, 5) is 0. The van der Waals surface area contributed by atoms with Crippen molar-refractivity contribution in [3.05, 3.63) is 11.6 Å². The van der Waals surface area contributed by atoms with Crippen molar-refractivity contribution in [1.29, 1.82) is 0 Å². The summed E-state index contributed by atoms with van der Waals surface area (Å²) in [5.74, 6) is 2.34. The summed E-state index contributed by atoms with van der Waals surface area (Å²) in [6, 6.07) is 0. The van der Waals surface area contributed by atoms with Crippen LogP contribution in [0, 0.1) is 0 Å². The van der Waals surface area contributed by atoms with Crippen molar-refractivity contribution < 1.29 is 4.74 Å². The molecular weight excluding hydrogens is 238 g/mol. The van der Waals surface area contributed by atoms with Gasteiger partial charge in [-0.05, 0) is 32.6 Å². The highest BCUT2D eigenvalue weighted by molar-refractivity contribution is 6.16. The number of hydrogen-bond acceptors (Lipinski definition) is 3. The minimum Gasteiger partial charge on any atom is -0.378 e. The minimum absolute atomic E-state index is 0.408. The van der Waals surface area contributed by atoms with Gasteiger partial charge in [0.2, 0.25) is 0 Å². The number of halogens is 1. The molecule has 1 aliphatic rings. The van der Waals surface area contributed by atoms with E-state index in [1.165, 1.54) is 19.3 Å². The molecule has 5 heteroatoms. The molecule has 4 nitrogen and oxygen atoms in total. The molecule has 2 rings (SSSR count). The van der Waals surface area contributed by atoms with E-state index in [2.05, 4.69) is 21.7 Å². The van der Waals surface area contributed by atoms with Crippen LogP contribution < -0.4 is 0 Å². The zero-order chi connectivity index (χ0) is 12.1. The zero-order valence-corrected chi connectivity index (χ0v) is 11.1. The highest BCUT2D eigenvalue weighted by Crippen LogP contribution is 2.17. The molecule has 2 heterocycles. The van der Waals surface area contributed by atoms with Crippen molar-refractivity contribution in [2.75, 3.05) is 6.61 Å². The Morgan fingerprint density at radius 1 is 1.35 bits per heavy atom. The molecule has 1 aromatic heterocycles. The maximum Gasteiger partial charge on any atom is 0.147 e. The van der Waals surface area contributed by atoms with Gasteiger partial charge in [0.05, 0.1) is 12.0 Å². The molecule has 1 saturated heterocycles. The third-order valence-electron chi connectivity index (χ3n) is 3.30. The first-order chi connectivity index (χ1) is 8.35. The second kappa shape index (κ2) is 6.36. The van der Waals surface area contributed by atoms with Crippen molar-refractivity contribution in [3.8, 4) is 0 Å². The molecule has 0 radical (unpaired) electrons. The Morgan fingerprint density at radius 2 is 2.18 bits per heavy atom. The van der Waals surface area contributed by atoms with E-state index in [9.17, 15) is 0 Å². The molecule has 96 valence electrons. The summed E-state index contributed by atoms with van der Waals surface area (Å²) in [5.41, 5.74) is 0. The largest absolute Gasteiger partial charge is 0.378 e. The molecule has 0 aromatic carbocycles. The molecule has 0 N–H and O–H groups in total.